The highest BCUT2D eigenvalue weighted by Gasteiger charge is 2.60. The molecule has 20 heteroatoms. The maximum absolute atomic E-state index is 14.5. The van der Waals surface area contributed by atoms with Crippen LogP contribution in [0.3, 0.4) is 0 Å². The summed E-state index contributed by atoms with van der Waals surface area (Å²) < 4.78 is 5.39. The van der Waals surface area contributed by atoms with E-state index in [0.717, 1.165) is 5.56 Å². The van der Waals surface area contributed by atoms with Crippen LogP contribution in [0.25, 0.3) is 6.08 Å². The molecule has 1 aromatic carbocycles. The minimum atomic E-state index is -1.12. The van der Waals surface area contributed by atoms with Crippen LogP contribution in [0.4, 0.5) is 0 Å². The van der Waals surface area contributed by atoms with Gasteiger partial charge in [0.15, 0.2) is 6.10 Å². The van der Waals surface area contributed by atoms with E-state index in [1.807, 2.05) is 87.6 Å². The van der Waals surface area contributed by atoms with Gasteiger partial charge in [-0.3, -0.25) is 57.9 Å². The van der Waals surface area contributed by atoms with Gasteiger partial charge in [-0.25, -0.2) is 4.79 Å². The van der Waals surface area contributed by atoms with Gasteiger partial charge in [-0.1, -0.05) is 72.9 Å². The van der Waals surface area contributed by atoms with Gasteiger partial charge in [0.05, 0.1) is 47.4 Å². The van der Waals surface area contributed by atoms with E-state index < -0.39 is 65.3 Å². The van der Waals surface area contributed by atoms with Gasteiger partial charge in [0.1, 0.15) is 0 Å². The number of hydrogen-bond acceptors (Lipinski definition) is 13. The summed E-state index contributed by atoms with van der Waals surface area (Å²) in [6.07, 6.45) is 14.5. The normalized spacial score (nSPS) is 29.2. The third-order valence-electron chi connectivity index (χ3n) is 16.6. The smallest absolute Gasteiger partial charge is 0.332 e. The molecule has 6 fully saturated rings. The van der Waals surface area contributed by atoms with Crippen LogP contribution < -0.4 is 16.0 Å². The fraction of sp³-hybridized carbons (Fsp3) is 0.593. The highest BCUT2D eigenvalue weighted by molar-refractivity contribution is 8.00. The van der Waals surface area contributed by atoms with Crippen LogP contribution in [0.2, 0.25) is 0 Å². The number of aliphatic carboxylic acids is 1. The Morgan fingerprint density at radius 3 is 1.48 bits per heavy atom. The van der Waals surface area contributed by atoms with Crippen molar-refractivity contribution < 1.29 is 62.9 Å². The van der Waals surface area contributed by atoms with Gasteiger partial charge >= 0.3 is 5.97 Å². The number of carbonyl (C=O) groups is 10. The monoisotopic (exact) mass is 1110 g/mol. The first kappa shape index (κ1) is 60.4. The topological polar surface area (TPSA) is 266 Å². The van der Waals surface area contributed by atoms with Gasteiger partial charge in [-0.15, -0.1) is 18.3 Å². The molecule has 5 N–H and O–H groups in total. The summed E-state index contributed by atoms with van der Waals surface area (Å²) in [5.41, 5.74) is 0.932. The van der Waals surface area contributed by atoms with Gasteiger partial charge < -0.3 is 30.9 Å². The third-order valence-corrected chi connectivity index (χ3v) is 17.7. The van der Waals surface area contributed by atoms with E-state index in [1.165, 1.54) is 33.4 Å². The zero-order valence-corrected chi connectivity index (χ0v) is 46.6. The number of allylic oxidation sites excluding steroid dienone is 6. The van der Waals surface area contributed by atoms with Crippen molar-refractivity contribution in [1.29, 1.82) is 0 Å². The minimum Gasteiger partial charge on any atom is -0.479 e. The summed E-state index contributed by atoms with van der Waals surface area (Å²) in [5, 5.41) is 26.5. The van der Waals surface area contributed by atoms with Crippen LogP contribution in [0.15, 0.2) is 73.4 Å². The van der Waals surface area contributed by atoms with E-state index in [0.29, 0.717) is 31.6 Å². The predicted octanol–water partition coefficient (Wildman–Crippen LogP) is 4.02. The van der Waals surface area contributed by atoms with Crippen molar-refractivity contribution in [2.45, 2.75) is 96.5 Å². The summed E-state index contributed by atoms with van der Waals surface area (Å²) in [6, 6.07) is 9.65. The van der Waals surface area contributed by atoms with Crippen LogP contribution in [-0.2, 0) is 52.7 Å². The van der Waals surface area contributed by atoms with Gasteiger partial charge in [-0.2, -0.15) is 0 Å². The molecule has 79 heavy (non-hydrogen) atoms. The number of thioether (sulfide) groups is 1. The molecular weight excluding hydrogens is 1030 g/mol. The second-order valence-electron chi connectivity index (χ2n) is 22.1. The Labute approximate surface area is 466 Å². The molecule has 0 bridgehead atoms. The molecule has 3 aliphatic heterocycles. The Hall–Kier alpha value is -6.25. The maximum atomic E-state index is 14.5. The quantitative estimate of drug-likeness (QED) is 0.0431. The third kappa shape index (κ3) is 14.2. The van der Waals surface area contributed by atoms with Crippen LogP contribution >= 0.6 is 11.8 Å². The molecule has 3 saturated heterocycles. The molecule has 3 saturated carbocycles. The SMILES string of the molecule is C=CC1CC(C=CC2CC(C=CC3CC(/C=C/c4ccccc4)C4C(=O)N(CCCOC(C)C(=O)O)C(=O)C34)C3C(=O)N(CCCC(=O)NCCO)C(=O)C23)C2C(=O)N(CCCC(=O)NCCSC(C)C(=O)NC(C)C)C(=O)C12. The number of nitrogens with one attached hydrogen (secondary N) is 3. The molecule has 3 aliphatic carbocycles. The van der Waals surface area contributed by atoms with E-state index >= 15 is 0 Å². The van der Waals surface area contributed by atoms with Crippen molar-refractivity contribution in [2.75, 3.05) is 51.7 Å². The summed E-state index contributed by atoms with van der Waals surface area (Å²) in [5.74, 6) is -9.65. The largest absolute Gasteiger partial charge is 0.479 e. The fourth-order valence-electron chi connectivity index (χ4n) is 12.7. The lowest BCUT2D eigenvalue weighted by Gasteiger charge is -2.21. The number of aliphatic hydroxyl groups excluding tert-OH is 1. The molecule has 1 aromatic rings. The number of ether oxygens (including phenoxy) is 1. The van der Waals surface area contributed by atoms with Crippen molar-refractivity contribution in [3.05, 3.63) is 78.9 Å². The predicted molar refractivity (Wildman–Crippen MR) is 294 cm³/mol. The lowest BCUT2D eigenvalue weighted by molar-refractivity contribution is -0.150. The summed E-state index contributed by atoms with van der Waals surface area (Å²) in [6.45, 7) is 11.4. The molecule has 428 valence electrons. The Morgan fingerprint density at radius 1 is 0.633 bits per heavy atom. The molecular formula is C59H78N6O13S. The Balaban J connectivity index is 1.06. The zero-order valence-electron chi connectivity index (χ0n) is 45.7. The first-order valence-electron chi connectivity index (χ1n) is 28.0. The summed E-state index contributed by atoms with van der Waals surface area (Å²) >= 11 is 1.43. The molecule has 19 nitrogen and oxygen atoms in total. The summed E-state index contributed by atoms with van der Waals surface area (Å²) in [4.78, 5) is 138. The lowest BCUT2D eigenvalue weighted by Crippen LogP contribution is -2.36. The van der Waals surface area contributed by atoms with Crippen molar-refractivity contribution in [1.82, 2.24) is 30.7 Å². The lowest BCUT2D eigenvalue weighted by atomic mass is 9.86. The highest BCUT2D eigenvalue weighted by Crippen LogP contribution is 2.53. The number of benzene rings is 1. The molecule has 6 aliphatic rings. The molecule has 14 atom stereocenters. The zero-order chi connectivity index (χ0) is 57.1. The molecule has 7 rings (SSSR count). The number of carbonyl (C=O) groups excluding carboxylic acids is 9. The second-order valence-corrected chi connectivity index (χ2v) is 23.6. The number of imide groups is 3. The average molecular weight is 1110 g/mol. The fourth-order valence-corrected chi connectivity index (χ4v) is 13.5. The van der Waals surface area contributed by atoms with Gasteiger partial charge in [-0.05, 0) is 107 Å². The Kier molecular flexibility index (Phi) is 21.2. The van der Waals surface area contributed by atoms with Crippen LogP contribution in [-0.4, -0.2) is 153 Å². The minimum absolute atomic E-state index is 0.0110. The van der Waals surface area contributed by atoms with Crippen molar-refractivity contribution >= 4 is 77.0 Å². The molecule has 9 amide bonds. The molecule has 0 aromatic heterocycles. The number of aliphatic hydroxyl groups is 1. The number of fused-ring (bicyclic) bond motifs is 3. The van der Waals surface area contributed by atoms with Crippen LogP contribution in [0.1, 0.15) is 84.6 Å². The number of carboxylic acid groups (broad SMARTS) is 1. The molecule has 0 radical (unpaired) electrons. The van der Waals surface area contributed by atoms with Gasteiger partial charge in [0.2, 0.25) is 53.2 Å². The van der Waals surface area contributed by atoms with Crippen LogP contribution in [0, 0.1) is 71.0 Å². The van der Waals surface area contributed by atoms with Crippen molar-refractivity contribution in [3.63, 3.8) is 0 Å². The Morgan fingerprint density at radius 2 is 1.05 bits per heavy atom. The average Bonchev–Trinajstić information content (AvgIpc) is 4.43. The second kappa shape index (κ2) is 27.8. The van der Waals surface area contributed by atoms with E-state index in [2.05, 4.69) is 22.5 Å². The summed E-state index contributed by atoms with van der Waals surface area (Å²) in [7, 11) is 0. The first-order valence-corrected chi connectivity index (χ1v) is 29.1. The first-order chi connectivity index (χ1) is 37.9. The number of likely N-dealkylation sites (tertiary alicyclic amines) is 3. The number of carboxylic acids is 1. The van der Waals surface area contributed by atoms with Crippen molar-refractivity contribution in [3.8, 4) is 0 Å². The number of amides is 9. The van der Waals surface area contributed by atoms with Gasteiger partial charge in [0, 0.05) is 64.0 Å². The maximum Gasteiger partial charge on any atom is 0.332 e. The van der Waals surface area contributed by atoms with Gasteiger partial charge in [0.25, 0.3) is 0 Å². The molecule has 14 unspecified atom stereocenters. The van der Waals surface area contributed by atoms with E-state index in [1.54, 1.807) is 6.08 Å². The molecule has 3 heterocycles. The van der Waals surface area contributed by atoms with E-state index in [4.69, 9.17) is 9.84 Å². The molecule has 0 spiro atoms. The number of rotatable bonds is 29. The Bertz CT molecular complexity index is 2550. The number of nitrogens with zero attached hydrogens (tertiary/aromatic N) is 3. The standard InChI is InChI=1S/C59H78N6O13S/c1-6-38-31-40(47-46(38)53(70)63(54(47)71)25-11-16-45(68)61-24-30-79-36(5)52(69)62-34(2)3)19-20-42-33-43(51-50(42)55(72)64(56(51)73)26-10-15-44(67)60-23-28-66)22-21-41-32-39(18-17-37-13-8-7-9-14-37)48-49(41)58(75)65(57(48)74)27-12-29-78-35(4)59(76)77/h6-9,13-14,17-22,34-36,38-43,46-51,66H,1,10-12,15-16,23-33H2,2-5H3,(H,60,67)(H,61,68)(H,62,69)(H,76,77)/b18-17+,20-19?,22-21?. The highest BCUT2D eigenvalue weighted by atomic mass is 32.2. The van der Waals surface area contributed by atoms with Crippen molar-refractivity contribution in [2.24, 2.45) is 71.0 Å². The van der Waals surface area contributed by atoms with Crippen LogP contribution in [0.5, 0.6) is 0 Å². The van der Waals surface area contributed by atoms with E-state index in [-0.39, 0.29) is 154 Å². The van der Waals surface area contributed by atoms with E-state index in [9.17, 15) is 53.1 Å². The number of hydrogen-bond donors (Lipinski definition) is 5.